The third-order valence-electron chi connectivity index (χ3n) is 5.20. The highest BCUT2D eigenvalue weighted by atomic mass is 16.4. The van der Waals surface area contributed by atoms with Crippen LogP contribution in [0.1, 0.15) is 69.9 Å². The van der Waals surface area contributed by atoms with Crippen LogP contribution in [-0.2, 0) is 16.0 Å². The first-order valence-corrected chi connectivity index (χ1v) is 9.46. The molecule has 1 saturated carbocycles. The van der Waals surface area contributed by atoms with E-state index in [-0.39, 0.29) is 30.2 Å². The van der Waals surface area contributed by atoms with Crippen molar-refractivity contribution in [2.24, 2.45) is 11.8 Å². The highest BCUT2D eigenvalue weighted by molar-refractivity contribution is 5.83. The maximum absolute atomic E-state index is 12.7. The molecular weight excluding hydrogens is 314 g/mol. The van der Waals surface area contributed by atoms with Crippen LogP contribution >= 0.6 is 0 Å². The third kappa shape index (κ3) is 5.87. The smallest absolute Gasteiger partial charge is 0.303 e. The maximum atomic E-state index is 12.7. The molecule has 1 aliphatic rings. The molecule has 4 heteroatoms. The van der Waals surface area contributed by atoms with Gasteiger partial charge in [0.1, 0.15) is 0 Å². The predicted molar refractivity (Wildman–Crippen MR) is 99.5 cm³/mol. The van der Waals surface area contributed by atoms with Crippen LogP contribution in [0, 0.1) is 11.8 Å². The largest absolute Gasteiger partial charge is 0.481 e. The molecule has 2 N–H and O–H groups in total. The minimum atomic E-state index is -0.720. The molecule has 138 valence electrons. The summed E-state index contributed by atoms with van der Waals surface area (Å²) in [6.45, 7) is 6.36. The number of carbonyl (C=O) groups is 2. The number of aliphatic carboxylic acids is 1. The van der Waals surface area contributed by atoms with Crippen molar-refractivity contribution in [3.63, 3.8) is 0 Å². The third-order valence-corrected chi connectivity index (χ3v) is 5.20. The van der Waals surface area contributed by atoms with Gasteiger partial charge in [0, 0.05) is 12.5 Å². The van der Waals surface area contributed by atoms with Crippen molar-refractivity contribution in [3.05, 3.63) is 35.4 Å². The van der Waals surface area contributed by atoms with E-state index in [4.69, 9.17) is 5.11 Å². The Hall–Kier alpha value is -1.84. The highest BCUT2D eigenvalue weighted by Gasteiger charge is 2.26. The molecule has 1 atom stereocenters. The lowest BCUT2D eigenvalue weighted by molar-refractivity contribution is -0.138. The van der Waals surface area contributed by atoms with Crippen molar-refractivity contribution in [3.8, 4) is 0 Å². The SMILES string of the molecule is CC(C)Cc1ccccc1[C@@H](C)C(=O)N[C@H]1CC[C@H](CC(=O)O)CC1. The summed E-state index contributed by atoms with van der Waals surface area (Å²) in [6.07, 6.45) is 4.76. The minimum absolute atomic E-state index is 0.0814. The van der Waals surface area contributed by atoms with Gasteiger partial charge in [-0.15, -0.1) is 0 Å². The number of rotatable bonds is 7. The van der Waals surface area contributed by atoms with Crippen molar-refractivity contribution in [1.82, 2.24) is 5.32 Å². The normalized spacial score (nSPS) is 21.8. The molecule has 1 fully saturated rings. The molecule has 0 aliphatic heterocycles. The lowest BCUT2D eigenvalue weighted by Gasteiger charge is -2.29. The number of amides is 1. The average molecular weight is 345 g/mol. The number of hydrogen-bond acceptors (Lipinski definition) is 2. The topological polar surface area (TPSA) is 66.4 Å². The second kappa shape index (κ2) is 9.02. The molecule has 0 heterocycles. The lowest BCUT2D eigenvalue weighted by Crippen LogP contribution is -2.40. The molecule has 0 aromatic heterocycles. The van der Waals surface area contributed by atoms with E-state index in [1.165, 1.54) is 5.56 Å². The molecule has 0 bridgehead atoms. The van der Waals surface area contributed by atoms with Gasteiger partial charge in [0.15, 0.2) is 0 Å². The van der Waals surface area contributed by atoms with Gasteiger partial charge in [0.05, 0.1) is 5.92 Å². The van der Waals surface area contributed by atoms with Gasteiger partial charge in [0.25, 0.3) is 0 Å². The number of nitrogens with one attached hydrogen (secondary N) is 1. The molecule has 1 amide bonds. The zero-order valence-corrected chi connectivity index (χ0v) is 15.6. The molecule has 0 saturated heterocycles. The van der Waals surface area contributed by atoms with Crippen LogP contribution in [0.15, 0.2) is 24.3 Å². The fraction of sp³-hybridized carbons (Fsp3) is 0.619. The Morgan fingerprint density at radius 2 is 1.76 bits per heavy atom. The summed E-state index contributed by atoms with van der Waals surface area (Å²) in [7, 11) is 0. The van der Waals surface area contributed by atoms with E-state index < -0.39 is 5.97 Å². The molecule has 0 radical (unpaired) electrons. The zero-order chi connectivity index (χ0) is 18.4. The minimum Gasteiger partial charge on any atom is -0.481 e. The lowest BCUT2D eigenvalue weighted by atomic mass is 9.83. The molecule has 4 nitrogen and oxygen atoms in total. The van der Waals surface area contributed by atoms with Gasteiger partial charge in [0.2, 0.25) is 5.91 Å². The Morgan fingerprint density at radius 1 is 1.12 bits per heavy atom. The second-order valence-electron chi connectivity index (χ2n) is 7.84. The van der Waals surface area contributed by atoms with Crippen LogP contribution in [0.25, 0.3) is 0 Å². The van der Waals surface area contributed by atoms with Gasteiger partial charge in [-0.25, -0.2) is 0 Å². The van der Waals surface area contributed by atoms with Crippen molar-refractivity contribution in [2.75, 3.05) is 0 Å². The van der Waals surface area contributed by atoms with Gasteiger partial charge in [-0.1, -0.05) is 38.1 Å². The van der Waals surface area contributed by atoms with E-state index in [0.717, 1.165) is 37.7 Å². The molecule has 1 aromatic carbocycles. The summed E-state index contributed by atoms with van der Waals surface area (Å²) in [4.78, 5) is 23.5. The van der Waals surface area contributed by atoms with Crippen molar-refractivity contribution < 1.29 is 14.7 Å². The van der Waals surface area contributed by atoms with E-state index in [0.29, 0.717) is 5.92 Å². The Kier molecular flexibility index (Phi) is 7.03. The molecule has 0 unspecified atom stereocenters. The van der Waals surface area contributed by atoms with Crippen LogP contribution in [0.5, 0.6) is 0 Å². The Bertz CT molecular complexity index is 589. The summed E-state index contributed by atoms with van der Waals surface area (Å²) in [5.41, 5.74) is 2.37. The van der Waals surface area contributed by atoms with E-state index in [9.17, 15) is 9.59 Å². The Labute approximate surface area is 151 Å². The molecule has 1 aliphatic carbocycles. The van der Waals surface area contributed by atoms with Crippen LogP contribution in [0.3, 0.4) is 0 Å². The van der Waals surface area contributed by atoms with E-state index in [2.05, 4.69) is 31.3 Å². The summed E-state index contributed by atoms with van der Waals surface area (Å²) < 4.78 is 0. The van der Waals surface area contributed by atoms with Crippen LogP contribution in [-0.4, -0.2) is 23.0 Å². The second-order valence-corrected chi connectivity index (χ2v) is 7.84. The first kappa shape index (κ1) is 19.5. The standard InChI is InChI=1S/C21H31NO3/c1-14(2)12-17-6-4-5-7-19(17)15(3)21(25)22-18-10-8-16(9-11-18)13-20(23)24/h4-7,14-16,18H,8-13H2,1-3H3,(H,22,25)(H,23,24)/t15-,16-,18-/m1/s1. The molecule has 1 aromatic rings. The van der Waals surface area contributed by atoms with Crippen LogP contribution < -0.4 is 5.32 Å². The van der Waals surface area contributed by atoms with E-state index >= 15 is 0 Å². The fourth-order valence-corrected chi connectivity index (χ4v) is 3.81. The van der Waals surface area contributed by atoms with E-state index in [1.807, 2.05) is 19.1 Å². The van der Waals surface area contributed by atoms with Crippen LogP contribution in [0.4, 0.5) is 0 Å². The molecular formula is C21H31NO3. The molecule has 25 heavy (non-hydrogen) atoms. The molecule has 0 spiro atoms. The number of benzene rings is 1. The van der Waals surface area contributed by atoms with Crippen molar-refractivity contribution in [2.45, 2.75) is 71.3 Å². The van der Waals surface area contributed by atoms with Crippen molar-refractivity contribution in [1.29, 1.82) is 0 Å². The number of hydrogen-bond donors (Lipinski definition) is 2. The Morgan fingerprint density at radius 3 is 2.36 bits per heavy atom. The average Bonchev–Trinajstić information content (AvgIpc) is 2.55. The first-order valence-electron chi connectivity index (χ1n) is 9.46. The van der Waals surface area contributed by atoms with Gasteiger partial charge < -0.3 is 10.4 Å². The predicted octanol–water partition coefficient (Wildman–Crippen LogP) is 4.14. The number of carboxylic acids is 1. The summed E-state index contributed by atoms with van der Waals surface area (Å²) >= 11 is 0. The zero-order valence-electron chi connectivity index (χ0n) is 15.6. The monoisotopic (exact) mass is 345 g/mol. The maximum Gasteiger partial charge on any atom is 0.303 e. The van der Waals surface area contributed by atoms with Gasteiger partial charge in [-0.2, -0.15) is 0 Å². The van der Waals surface area contributed by atoms with Gasteiger partial charge >= 0.3 is 5.97 Å². The molecule has 2 rings (SSSR count). The number of carbonyl (C=O) groups excluding carboxylic acids is 1. The summed E-state index contributed by atoms with van der Waals surface area (Å²) in [5.74, 6) is 0.0169. The Balaban J connectivity index is 1.92. The van der Waals surface area contributed by atoms with E-state index in [1.54, 1.807) is 0 Å². The summed E-state index contributed by atoms with van der Waals surface area (Å²) in [6, 6.07) is 8.40. The highest BCUT2D eigenvalue weighted by Crippen LogP contribution is 2.28. The fourth-order valence-electron chi connectivity index (χ4n) is 3.81. The quantitative estimate of drug-likeness (QED) is 0.780. The van der Waals surface area contributed by atoms with Gasteiger partial charge in [-0.3, -0.25) is 9.59 Å². The van der Waals surface area contributed by atoms with Crippen molar-refractivity contribution >= 4 is 11.9 Å². The van der Waals surface area contributed by atoms with Gasteiger partial charge in [-0.05, 0) is 62.0 Å². The number of carboxylic acid groups (broad SMARTS) is 1. The summed E-state index contributed by atoms with van der Waals surface area (Å²) in [5, 5.41) is 12.1. The first-order chi connectivity index (χ1) is 11.9. The van der Waals surface area contributed by atoms with Crippen LogP contribution in [0.2, 0.25) is 0 Å².